The average Bonchev–Trinajstić information content (AvgIpc) is 2.91. The Bertz CT molecular complexity index is 1550. The first-order valence-electron chi connectivity index (χ1n) is 12.6. The minimum absolute atomic E-state index is 0. The Labute approximate surface area is 232 Å². The van der Waals surface area contributed by atoms with Crippen LogP contribution in [0.1, 0.15) is 23.4 Å². The largest absolute Gasteiger partial charge is 4.00 e. The van der Waals surface area contributed by atoms with Crippen molar-refractivity contribution in [3.8, 4) is 0 Å². The second-order valence-corrected chi connectivity index (χ2v) is 9.23. The molecule has 37 heavy (non-hydrogen) atoms. The molecule has 0 aliphatic carbocycles. The smallest absolute Gasteiger partial charge is 0.330 e. The normalized spacial score (nSPS) is 10.9. The first-order valence-corrected chi connectivity index (χ1v) is 12.6. The summed E-state index contributed by atoms with van der Waals surface area (Å²) in [6.07, 6.45) is 1.02. The molecule has 0 fully saturated rings. The SMILES string of the molecule is Cc1ccc2ccc3ccc(C)nc3c2n1.NCCCNCc1c2ccccc2cc2ccccc12.[Pt+4]. The van der Waals surface area contributed by atoms with Gasteiger partial charge in [-0.1, -0.05) is 72.8 Å². The zero-order valence-electron chi connectivity index (χ0n) is 21.3. The van der Waals surface area contributed by atoms with Crippen molar-refractivity contribution in [2.45, 2.75) is 26.8 Å². The third kappa shape index (κ3) is 6.05. The van der Waals surface area contributed by atoms with Crippen molar-refractivity contribution in [3.05, 3.63) is 108 Å². The maximum atomic E-state index is 5.55. The molecule has 0 unspecified atom stereocenters. The van der Waals surface area contributed by atoms with E-state index in [4.69, 9.17) is 5.73 Å². The van der Waals surface area contributed by atoms with Crippen LogP contribution in [0.4, 0.5) is 0 Å². The molecule has 5 heteroatoms. The van der Waals surface area contributed by atoms with Gasteiger partial charge in [0.25, 0.3) is 0 Å². The number of fused-ring (bicyclic) bond motifs is 5. The van der Waals surface area contributed by atoms with Crippen LogP contribution in [0.15, 0.2) is 91.0 Å². The van der Waals surface area contributed by atoms with E-state index >= 15 is 0 Å². The van der Waals surface area contributed by atoms with Gasteiger partial charge >= 0.3 is 21.1 Å². The van der Waals surface area contributed by atoms with Crippen LogP contribution in [0.2, 0.25) is 0 Å². The van der Waals surface area contributed by atoms with Crippen molar-refractivity contribution in [1.29, 1.82) is 0 Å². The number of pyridine rings is 2. The third-order valence-corrected chi connectivity index (χ3v) is 6.54. The van der Waals surface area contributed by atoms with Crippen molar-refractivity contribution >= 4 is 43.4 Å². The summed E-state index contributed by atoms with van der Waals surface area (Å²) in [5.41, 5.74) is 11.0. The zero-order chi connectivity index (χ0) is 24.9. The molecule has 3 N–H and O–H groups in total. The number of hydrogen-bond acceptors (Lipinski definition) is 4. The number of nitrogens with one attached hydrogen (secondary N) is 1. The molecule has 0 spiro atoms. The predicted molar refractivity (Wildman–Crippen MR) is 153 cm³/mol. The quantitative estimate of drug-likeness (QED) is 0.120. The van der Waals surface area contributed by atoms with Gasteiger partial charge in [0.05, 0.1) is 11.0 Å². The average molecular weight is 668 g/mol. The molecular formula is C32H32N4Pt+4. The van der Waals surface area contributed by atoms with Crippen molar-refractivity contribution in [1.82, 2.24) is 15.3 Å². The Morgan fingerprint density at radius 2 is 1.14 bits per heavy atom. The number of hydrogen-bond donors (Lipinski definition) is 2. The Balaban J connectivity index is 0.000000172. The van der Waals surface area contributed by atoms with Crippen LogP contribution in [-0.4, -0.2) is 23.1 Å². The molecule has 2 heterocycles. The number of benzene rings is 4. The summed E-state index contributed by atoms with van der Waals surface area (Å²) >= 11 is 0. The van der Waals surface area contributed by atoms with Crippen molar-refractivity contribution in [2.24, 2.45) is 5.73 Å². The molecule has 0 amide bonds. The predicted octanol–water partition coefficient (Wildman–Crippen LogP) is 6.83. The van der Waals surface area contributed by atoms with E-state index in [0.717, 1.165) is 59.2 Å². The summed E-state index contributed by atoms with van der Waals surface area (Å²) in [4.78, 5) is 9.16. The van der Waals surface area contributed by atoms with E-state index in [1.54, 1.807) is 0 Å². The fourth-order valence-corrected chi connectivity index (χ4v) is 4.70. The molecule has 0 bridgehead atoms. The monoisotopic (exact) mass is 667 g/mol. The molecule has 0 atom stereocenters. The maximum absolute atomic E-state index is 5.55. The van der Waals surface area contributed by atoms with E-state index in [1.807, 2.05) is 26.0 Å². The van der Waals surface area contributed by atoms with E-state index in [9.17, 15) is 0 Å². The number of aromatic nitrogens is 2. The molecule has 0 radical (unpaired) electrons. The van der Waals surface area contributed by atoms with Crippen molar-refractivity contribution in [2.75, 3.05) is 13.1 Å². The first kappa shape index (κ1) is 26.9. The van der Waals surface area contributed by atoms with Gasteiger partial charge in [0, 0.05) is 28.7 Å². The van der Waals surface area contributed by atoms with E-state index in [2.05, 4.69) is 94.1 Å². The minimum atomic E-state index is 0. The zero-order valence-corrected chi connectivity index (χ0v) is 23.5. The van der Waals surface area contributed by atoms with Crippen LogP contribution < -0.4 is 11.1 Å². The maximum Gasteiger partial charge on any atom is 4.00 e. The molecule has 0 aliphatic heterocycles. The molecule has 6 rings (SSSR count). The second kappa shape index (κ2) is 12.4. The fourth-order valence-electron chi connectivity index (χ4n) is 4.70. The Kier molecular flexibility index (Phi) is 8.99. The van der Waals surface area contributed by atoms with E-state index in [0.29, 0.717) is 0 Å². The van der Waals surface area contributed by atoms with Crippen LogP contribution in [0.5, 0.6) is 0 Å². The summed E-state index contributed by atoms with van der Waals surface area (Å²) in [5.74, 6) is 0. The number of nitrogens with zero attached hydrogens (tertiary/aromatic N) is 2. The molecule has 6 aromatic rings. The molecule has 0 saturated carbocycles. The van der Waals surface area contributed by atoms with E-state index in [1.165, 1.54) is 27.1 Å². The number of rotatable bonds is 5. The molecule has 186 valence electrons. The van der Waals surface area contributed by atoms with Crippen LogP contribution in [0.3, 0.4) is 0 Å². The van der Waals surface area contributed by atoms with Gasteiger partial charge in [-0.05, 0) is 78.7 Å². The van der Waals surface area contributed by atoms with Crippen LogP contribution >= 0.6 is 0 Å². The summed E-state index contributed by atoms with van der Waals surface area (Å²) in [7, 11) is 0. The summed E-state index contributed by atoms with van der Waals surface area (Å²) in [6.45, 7) is 6.61. The van der Waals surface area contributed by atoms with E-state index < -0.39 is 0 Å². The van der Waals surface area contributed by atoms with Gasteiger partial charge in [0.1, 0.15) is 0 Å². The summed E-state index contributed by atoms with van der Waals surface area (Å²) in [5, 5.41) is 11.1. The third-order valence-electron chi connectivity index (χ3n) is 6.54. The van der Waals surface area contributed by atoms with Crippen LogP contribution in [0.25, 0.3) is 43.4 Å². The van der Waals surface area contributed by atoms with Gasteiger partial charge < -0.3 is 11.1 Å². The minimum Gasteiger partial charge on any atom is -0.330 e. The van der Waals surface area contributed by atoms with Gasteiger partial charge in [0.15, 0.2) is 0 Å². The number of aryl methyl sites for hydroxylation is 2. The Morgan fingerprint density at radius 1 is 0.649 bits per heavy atom. The standard InChI is InChI=1S/C18H20N2.C14H12N2.Pt/c19-10-5-11-20-13-18-16-8-3-1-6-14(16)12-15-7-2-4-9-17(15)18;1-9-3-5-11-7-8-12-6-4-10(2)16-14(12)13(11)15-9;/h1-4,6-9,12,20H,5,10-11,13,19H2;3-8H,1-2H3;/q;;+4. The van der Waals surface area contributed by atoms with Gasteiger partial charge in [-0.15, -0.1) is 0 Å². The topological polar surface area (TPSA) is 63.8 Å². The molecule has 4 nitrogen and oxygen atoms in total. The molecular weight excluding hydrogens is 635 g/mol. The molecule has 0 aliphatic rings. The van der Waals surface area contributed by atoms with Gasteiger partial charge in [0.2, 0.25) is 0 Å². The van der Waals surface area contributed by atoms with Crippen molar-refractivity contribution in [3.63, 3.8) is 0 Å². The summed E-state index contributed by atoms with van der Waals surface area (Å²) in [6, 6.07) is 31.9. The van der Waals surface area contributed by atoms with Crippen molar-refractivity contribution < 1.29 is 21.1 Å². The summed E-state index contributed by atoms with van der Waals surface area (Å²) < 4.78 is 0. The van der Waals surface area contributed by atoms with Gasteiger partial charge in [-0.3, -0.25) is 9.97 Å². The number of nitrogens with two attached hydrogens (primary N) is 1. The van der Waals surface area contributed by atoms with Crippen LogP contribution in [0, 0.1) is 13.8 Å². The molecule has 4 aromatic carbocycles. The second-order valence-electron chi connectivity index (χ2n) is 9.23. The fraction of sp³-hybridized carbons (Fsp3) is 0.188. The van der Waals surface area contributed by atoms with Gasteiger partial charge in [-0.2, -0.15) is 0 Å². The molecule has 0 saturated heterocycles. The molecule has 2 aromatic heterocycles. The van der Waals surface area contributed by atoms with Gasteiger partial charge in [-0.25, -0.2) is 0 Å². The van der Waals surface area contributed by atoms with Crippen LogP contribution in [-0.2, 0) is 27.6 Å². The van der Waals surface area contributed by atoms with E-state index in [-0.39, 0.29) is 21.1 Å². The Hall–Kier alpha value is -3.17. The Morgan fingerprint density at radius 3 is 1.65 bits per heavy atom. The first-order chi connectivity index (χ1) is 17.6.